The molecule has 27 heavy (non-hydrogen) atoms. The zero-order valence-corrected chi connectivity index (χ0v) is 16.2. The van der Waals surface area contributed by atoms with Gasteiger partial charge in [-0.1, -0.05) is 36.4 Å². The second-order valence-corrected chi connectivity index (χ2v) is 7.71. The standard InChI is InChI=1S/C20H19N3O2S2/c24-18(14-26-11-9-15-5-2-1-3-6-15)22-17-8-4-7-16(13-17)19(25)23-20-21-10-12-27-20/h1-8,10,12-13H,9,11,14H2,(H,22,24)(H,21,23,25). The number of anilines is 2. The highest BCUT2D eigenvalue weighted by Crippen LogP contribution is 2.16. The predicted molar refractivity (Wildman–Crippen MR) is 113 cm³/mol. The Kier molecular flexibility index (Phi) is 7.01. The molecule has 3 aromatic rings. The third-order valence-corrected chi connectivity index (χ3v) is 5.32. The fourth-order valence-corrected chi connectivity index (χ4v) is 3.70. The first-order valence-corrected chi connectivity index (χ1v) is 10.5. The molecule has 0 fully saturated rings. The monoisotopic (exact) mass is 397 g/mol. The Balaban J connectivity index is 1.45. The Hall–Kier alpha value is -2.64. The van der Waals surface area contributed by atoms with Gasteiger partial charge in [0.2, 0.25) is 5.91 Å². The molecule has 0 saturated heterocycles. The van der Waals surface area contributed by atoms with Gasteiger partial charge < -0.3 is 5.32 Å². The van der Waals surface area contributed by atoms with E-state index in [1.54, 1.807) is 47.6 Å². The van der Waals surface area contributed by atoms with E-state index >= 15 is 0 Å². The first-order valence-electron chi connectivity index (χ1n) is 8.43. The Labute approximate surface area is 166 Å². The first-order chi connectivity index (χ1) is 13.2. The van der Waals surface area contributed by atoms with Gasteiger partial charge in [-0.3, -0.25) is 14.9 Å². The lowest BCUT2D eigenvalue weighted by atomic mass is 10.2. The molecule has 0 atom stereocenters. The molecule has 3 rings (SSSR count). The predicted octanol–water partition coefficient (Wildman–Crippen LogP) is 4.31. The van der Waals surface area contributed by atoms with E-state index in [1.807, 2.05) is 18.2 Å². The van der Waals surface area contributed by atoms with Gasteiger partial charge in [-0.2, -0.15) is 11.8 Å². The number of thioether (sulfide) groups is 1. The maximum atomic E-state index is 12.2. The largest absolute Gasteiger partial charge is 0.325 e. The van der Waals surface area contributed by atoms with Crippen molar-refractivity contribution in [3.63, 3.8) is 0 Å². The number of nitrogens with zero attached hydrogens (tertiary/aromatic N) is 1. The molecule has 0 spiro atoms. The SMILES string of the molecule is O=C(CSCCc1ccccc1)Nc1cccc(C(=O)Nc2nccs2)c1. The zero-order chi connectivity index (χ0) is 18.9. The summed E-state index contributed by atoms with van der Waals surface area (Å²) >= 11 is 2.95. The Morgan fingerprint density at radius 1 is 1.04 bits per heavy atom. The van der Waals surface area contributed by atoms with Gasteiger partial charge in [0.15, 0.2) is 5.13 Å². The maximum absolute atomic E-state index is 12.2. The van der Waals surface area contributed by atoms with Crippen LogP contribution < -0.4 is 10.6 Å². The summed E-state index contributed by atoms with van der Waals surface area (Å²) in [6.07, 6.45) is 2.57. The van der Waals surface area contributed by atoms with Crippen molar-refractivity contribution in [3.05, 3.63) is 77.3 Å². The zero-order valence-electron chi connectivity index (χ0n) is 14.6. The smallest absolute Gasteiger partial charge is 0.257 e. The van der Waals surface area contributed by atoms with Crippen LogP contribution in [0.25, 0.3) is 0 Å². The summed E-state index contributed by atoms with van der Waals surface area (Å²) in [5.74, 6) is 0.930. The molecule has 0 unspecified atom stereocenters. The van der Waals surface area contributed by atoms with Crippen LogP contribution in [0.1, 0.15) is 15.9 Å². The number of rotatable bonds is 8. The van der Waals surface area contributed by atoms with Crippen LogP contribution in [0.4, 0.5) is 10.8 Å². The van der Waals surface area contributed by atoms with Crippen LogP contribution >= 0.6 is 23.1 Å². The van der Waals surface area contributed by atoms with E-state index in [2.05, 4.69) is 27.8 Å². The molecule has 2 amide bonds. The molecule has 7 heteroatoms. The van der Waals surface area contributed by atoms with Crippen molar-refractivity contribution in [3.8, 4) is 0 Å². The molecule has 1 heterocycles. The molecule has 0 aliphatic heterocycles. The number of carbonyl (C=O) groups excluding carboxylic acids is 2. The van der Waals surface area contributed by atoms with Crippen molar-refractivity contribution in [2.45, 2.75) is 6.42 Å². The summed E-state index contributed by atoms with van der Waals surface area (Å²) in [6.45, 7) is 0. The highest BCUT2D eigenvalue weighted by molar-refractivity contribution is 7.99. The van der Waals surface area contributed by atoms with Crippen molar-refractivity contribution in [1.29, 1.82) is 0 Å². The topological polar surface area (TPSA) is 71.1 Å². The normalized spacial score (nSPS) is 10.4. The second-order valence-electron chi connectivity index (χ2n) is 5.71. The molecule has 0 aliphatic rings. The number of hydrogen-bond acceptors (Lipinski definition) is 5. The lowest BCUT2D eigenvalue weighted by molar-refractivity contribution is -0.113. The summed E-state index contributed by atoms with van der Waals surface area (Å²) in [5, 5.41) is 7.91. The van der Waals surface area contributed by atoms with Gasteiger partial charge in [0.25, 0.3) is 5.91 Å². The van der Waals surface area contributed by atoms with E-state index in [1.165, 1.54) is 16.9 Å². The maximum Gasteiger partial charge on any atom is 0.257 e. The molecule has 1 aromatic heterocycles. The fourth-order valence-electron chi connectivity index (χ4n) is 2.39. The van der Waals surface area contributed by atoms with E-state index in [-0.39, 0.29) is 11.8 Å². The number of amides is 2. The summed E-state index contributed by atoms with van der Waals surface area (Å²) in [7, 11) is 0. The van der Waals surface area contributed by atoms with Crippen molar-refractivity contribution in [1.82, 2.24) is 4.98 Å². The highest BCUT2D eigenvalue weighted by Gasteiger charge is 2.09. The lowest BCUT2D eigenvalue weighted by Crippen LogP contribution is -2.16. The molecule has 0 radical (unpaired) electrons. The van der Waals surface area contributed by atoms with Gasteiger partial charge >= 0.3 is 0 Å². The molecular formula is C20H19N3O2S2. The van der Waals surface area contributed by atoms with Crippen molar-refractivity contribution in [2.24, 2.45) is 0 Å². The summed E-state index contributed by atoms with van der Waals surface area (Å²) in [6, 6.07) is 17.1. The fraction of sp³-hybridized carbons (Fsp3) is 0.150. The number of aryl methyl sites for hydroxylation is 1. The summed E-state index contributed by atoms with van der Waals surface area (Å²) < 4.78 is 0. The van der Waals surface area contributed by atoms with E-state index < -0.39 is 0 Å². The van der Waals surface area contributed by atoms with Gasteiger partial charge in [0.1, 0.15) is 0 Å². The van der Waals surface area contributed by atoms with Crippen molar-refractivity contribution in [2.75, 3.05) is 22.1 Å². The average molecular weight is 398 g/mol. The first kappa shape index (κ1) is 19.1. The highest BCUT2D eigenvalue weighted by atomic mass is 32.2. The quantitative estimate of drug-likeness (QED) is 0.556. The minimum atomic E-state index is -0.252. The van der Waals surface area contributed by atoms with Crippen LogP contribution in [0.3, 0.4) is 0 Å². The number of benzene rings is 2. The molecule has 138 valence electrons. The van der Waals surface area contributed by atoms with Gasteiger partial charge in [-0.25, -0.2) is 4.98 Å². The molecule has 0 saturated carbocycles. The minimum Gasteiger partial charge on any atom is -0.325 e. The number of carbonyl (C=O) groups is 2. The molecule has 5 nitrogen and oxygen atoms in total. The Morgan fingerprint density at radius 2 is 1.89 bits per heavy atom. The number of nitrogens with one attached hydrogen (secondary N) is 2. The van der Waals surface area contributed by atoms with Gasteiger partial charge in [0, 0.05) is 22.8 Å². The molecule has 0 aliphatic carbocycles. The van der Waals surface area contributed by atoms with Crippen LogP contribution in [0, 0.1) is 0 Å². The van der Waals surface area contributed by atoms with Gasteiger partial charge in [-0.05, 0) is 35.9 Å². The third-order valence-electron chi connectivity index (χ3n) is 3.67. The van der Waals surface area contributed by atoms with Crippen LogP contribution in [0.15, 0.2) is 66.2 Å². The van der Waals surface area contributed by atoms with E-state index in [4.69, 9.17) is 0 Å². The lowest BCUT2D eigenvalue weighted by Gasteiger charge is -2.07. The third kappa shape index (κ3) is 6.23. The average Bonchev–Trinajstić information content (AvgIpc) is 3.19. The van der Waals surface area contributed by atoms with Gasteiger partial charge in [0.05, 0.1) is 5.75 Å². The van der Waals surface area contributed by atoms with E-state index in [0.717, 1.165) is 12.2 Å². The molecular weight excluding hydrogens is 378 g/mol. The number of hydrogen-bond donors (Lipinski definition) is 2. The summed E-state index contributed by atoms with van der Waals surface area (Å²) in [4.78, 5) is 28.4. The molecule has 2 aromatic carbocycles. The number of aromatic nitrogens is 1. The van der Waals surface area contributed by atoms with E-state index in [9.17, 15) is 9.59 Å². The van der Waals surface area contributed by atoms with Crippen molar-refractivity contribution >= 4 is 45.7 Å². The van der Waals surface area contributed by atoms with Crippen molar-refractivity contribution < 1.29 is 9.59 Å². The van der Waals surface area contributed by atoms with Crippen LogP contribution in [-0.4, -0.2) is 28.3 Å². The molecule has 2 N–H and O–H groups in total. The Bertz CT molecular complexity index is 883. The van der Waals surface area contributed by atoms with Crippen LogP contribution in [-0.2, 0) is 11.2 Å². The van der Waals surface area contributed by atoms with Crippen LogP contribution in [0.2, 0.25) is 0 Å². The van der Waals surface area contributed by atoms with Crippen LogP contribution in [0.5, 0.6) is 0 Å². The number of thiazole rings is 1. The van der Waals surface area contributed by atoms with E-state index in [0.29, 0.717) is 22.1 Å². The summed E-state index contributed by atoms with van der Waals surface area (Å²) in [5.41, 5.74) is 2.35. The van der Waals surface area contributed by atoms with Gasteiger partial charge in [-0.15, -0.1) is 11.3 Å². The minimum absolute atomic E-state index is 0.0782. The molecule has 0 bridgehead atoms. The second kappa shape index (κ2) is 9.89. The Morgan fingerprint density at radius 3 is 2.67 bits per heavy atom.